The van der Waals surface area contributed by atoms with Crippen LogP contribution in [0.25, 0.3) is 0 Å². The summed E-state index contributed by atoms with van der Waals surface area (Å²) in [5.41, 5.74) is -0.992. The maximum atomic E-state index is 12.6. The molecule has 1 aromatic rings. The molecule has 0 spiro atoms. The fourth-order valence-corrected chi connectivity index (χ4v) is 2.01. The van der Waals surface area contributed by atoms with Gasteiger partial charge in [-0.1, -0.05) is 0 Å². The molecular weight excluding hydrogens is 269 g/mol. The van der Waals surface area contributed by atoms with Gasteiger partial charge < -0.3 is 5.11 Å². The highest BCUT2D eigenvalue weighted by Gasteiger charge is 2.41. The summed E-state index contributed by atoms with van der Waals surface area (Å²) in [5, 5.41) is 8.81. The fraction of sp³-hybridized carbons (Fsp3) is 0.417. The van der Waals surface area contributed by atoms with Gasteiger partial charge in [0, 0.05) is 4.87 Å². The van der Waals surface area contributed by atoms with Crippen molar-refractivity contribution in [3.8, 4) is 0 Å². The largest absolute Gasteiger partial charge is 0.478 e. The highest BCUT2D eigenvalue weighted by atomic mass is 35.5. The van der Waals surface area contributed by atoms with Gasteiger partial charge in [-0.05, 0) is 43.0 Å². The lowest BCUT2D eigenvalue weighted by Crippen LogP contribution is -2.11. The molecule has 1 aliphatic rings. The monoisotopic (exact) mass is 278 g/mol. The first-order chi connectivity index (χ1) is 8.20. The molecule has 2 rings (SSSR count). The Bertz CT molecular complexity index is 493. The summed E-state index contributed by atoms with van der Waals surface area (Å²) >= 11 is 6.05. The molecule has 98 valence electrons. The molecule has 0 aromatic heterocycles. The van der Waals surface area contributed by atoms with Gasteiger partial charge in [-0.2, -0.15) is 13.2 Å². The van der Waals surface area contributed by atoms with E-state index in [2.05, 4.69) is 0 Å². The molecule has 1 aliphatic carbocycles. The smallest absolute Gasteiger partial charge is 0.416 e. The van der Waals surface area contributed by atoms with E-state index >= 15 is 0 Å². The van der Waals surface area contributed by atoms with E-state index < -0.39 is 22.6 Å². The van der Waals surface area contributed by atoms with Gasteiger partial charge in [0.2, 0.25) is 0 Å². The first kappa shape index (κ1) is 13.2. The first-order valence-corrected chi connectivity index (χ1v) is 5.71. The van der Waals surface area contributed by atoms with Gasteiger partial charge in [0.25, 0.3) is 0 Å². The average Bonchev–Trinajstić information content (AvgIpc) is 2.94. The second kappa shape index (κ2) is 4.16. The zero-order valence-electron chi connectivity index (χ0n) is 9.22. The van der Waals surface area contributed by atoms with Crippen LogP contribution in [0.1, 0.15) is 34.3 Å². The Balaban J connectivity index is 2.39. The van der Waals surface area contributed by atoms with Gasteiger partial charge in [0.15, 0.2) is 0 Å². The zero-order valence-corrected chi connectivity index (χ0v) is 9.98. The number of hydrogen-bond donors (Lipinski definition) is 1. The fourth-order valence-electron chi connectivity index (χ4n) is 1.76. The minimum absolute atomic E-state index is 0.263. The van der Waals surface area contributed by atoms with Crippen LogP contribution in [-0.4, -0.2) is 16.0 Å². The van der Waals surface area contributed by atoms with E-state index in [1.807, 2.05) is 0 Å². The maximum absolute atomic E-state index is 12.6. The molecule has 2 nitrogen and oxygen atoms in total. The molecule has 0 bridgehead atoms. The zero-order chi connectivity index (χ0) is 13.6. The number of rotatable bonds is 3. The van der Waals surface area contributed by atoms with E-state index in [4.69, 9.17) is 16.7 Å². The van der Waals surface area contributed by atoms with Crippen molar-refractivity contribution >= 4 is 17.6 Å². The maximum Gasteiger partial charge on any atom is 0.416 e. The Morgan fingerprint density at radius 3 is 2.39 bits per heavy atom. The lowest BCUT2D eigenvalue weighted by molar-refractivity contribution is -0.137. The van der Waals surface area contributed by atoms with E-state index in [1.165, 1.54) is 6.07 Å². The molecule has 1 fully saturated rings. The molecule has 0 saturated heterocycles. The van der Waals surface area contributed by atoms with Crippen LogP contribution in [-0.2, 0) is 12.6 Å². The Labute approximate surface area is 106 Å². The third-order valence-corrected chi connectivity index (χ3v) is 3.39. The van der Waals surface area contributed by atoms with Crippen LogP contribution in [0.2, 0.25) is 0 Å². The van der Waals surface area contributed by atoms with Gasteiger partial charge in [-0.3, -0.25) is 0 Å². The number of benzene rings is 1. The summed E-state index contributed by atoms with van der Waals surface area (Å²) in [4.78, 5) is 10.3. The van der Waals surface area contributed by atoms with Gasteiger partial charge in [0.1, 0.15) is 0 Å². The molecule has 1 aromatic carbocycles. The summed E-state index contributed by atoms with van der Waals surface area (Å²) in [6, 6.07) is 2.86. The third-order valence-electron chi connectivity index (χ3n) is 2.88. The summed E-state index contributed by atoms with van der Waals surface area (Å²) < 4.78 is 37.9. The van der Waals surface area contributed by atoms with Crippen molar-refractivity contribution in [2.75, 3.05) is 0 Å². The Kier molecular flexibility index (Phi) is 3.05. The van der Waals surface area contributed by atoms with Crippen molar-refractivity contribution in [2.24, 2.45) is 0 Å². The van der Waals surface area contributed by atoms with Crippen molar-refractivity contribution in [1.29, 1.82) is 0 Å². The van der Waals surface area contributed by atoms with Crippen molar-refractivity contribution in [2.45, 2.75) is 30.3 Å². The molecular formula is C12H10ClF3O2. The van der Waals surface area contributed by atoms with Crippen LogP contribution in [0, 0.1) is 0 Å². The van der Waals surface area contributed by atoms with E-state index in [0.29, 0.717) is 11.6 Å². The number of hydrogen-bond acceptors (Lipinski definition) is 1. The molecule has 6 heteroatoms. The standard InChI is InChI=1S/C12H10ClF3O2/c13-11(1-2-11)6-7-3-8(10(17)18)5-9(4-7)12(14,15)16/h3-5H,1-2,6H2,(H,17,18). The SMILES string of the molecule is O=C(O)c1cc(CC2(Cl)CC2)cc(C(F)(F)F)c1. The Hall–Kier alpha value is -1.23. The second-order valence-corrected chi connectivity index (χ2v) is 5.35. The van der Waals surface area contributed by atoms with Gasteiger partial charge in [-0.25, -0.2) is 4.79 Å². The predicted octanol–water partition coefficient (Wildman–Crippen LogP) is 3.72. The van der Waals surface area contributed by atoms with Crippen molar-refractivity contribution in [3.05, 3.63) is 34.9 Å². The highest BCUT2D eigenvalue weighted by Crippen LogP contribution is 2.45. The molecule has 1 saturated carbocycles. The van der Waals surface area contributed by atoms with Gasteiger partial charge >= 0.3 is 12.1 Å². The van der Waals surface area contributed by atoms with Crippen LogP contribution in [0.3, 0.4) is 0 Å². The third kappa shape index (κ3) is 2.96. The number of carboxylic acid groups (broad SMARTS) is 1. The minimum Gasteiger partial charge on any atom is -0.478 e. The lowest BCUT2D eigenvalue weighted by Gasteiger charge is -2.12. The van der Waals surface area contributed by atoms with E-state index in [1.54, 1.807) is 0 Å². The number of carboxylic acids is 1. The summed E-state index contributed by atoms with van der Waals surface area (Å²) in [6.07, 6.45) is -2.80. The normalized spacial score (nSPS) is 17.6. The van der Waals surface area contributed by atoms with Crippen LogP contribution >= 0.6 is 11.6 Å². The first-order valence-electron chi connectivity index (χ1n) is 5.33. The average molecular weight is 279 g/mol. The van der Waals surface area contributed by atoms with E-state index in [-0.39, 0.29) is 12.0 Å². The molecule has 0 heterocycles. The topological polar surface area (TPSA) is 37.3 Å². The molecule has 0 radical (unpaired) electrons. The minimum atomic E-state index is -4.55. The van der Waals surface area contributed by atoms with E-state index in [9.17, 15) is 18.0 Å². The molecule has 18 heavy (non-hydrogen) atoms. The quantitative estimate of drug-likeness (QED) is 0.856. The summed E-state index contributed by atoms with van der Waals surface area (Å²) in [6.45, 7) is 0. The predicted molar refractivity (Wildman–Crippen MR) is 59.9 cm³/mol. The van der Waals surface area contributed by atoms with Crippen molar-refractivity contribution in [1.82, 2.24) is 0 Å². The summed E-state index contributed by atoms with van der Waals surface area (Å²) in [5.74, 6) is -1.37. The summed E-state index contributed by atoms with van der Waals surface area (Å²) in [7, 11) is 0. The van der Waals surface area contributed by atoms with Crippen molar-refractivity contribution in [3.63, 3.8) is 0 Å². The molecule has 1 N–H and O–H groups in total. The lowest BCUT2D eigenvalue weighted by atomic mass is 10.0. The number of carbonyl (C=O) groups is 1. The molecule has 0 amide bonds. The van der Waals surface area contributed by atoms with E-state index in [0.717, 1.165) is 18.9 Å². The van der Waals surface area contributed by atoms with Gasteiger partial charge in [-0.15, -0.1) is 11.6 Å². The highest BCUT2D eigenvalue weighted by molar-refractivity contribution is 6.26. The molecule has 0 atom stereocenters. The van der Waals surface area contributed by atoms with Crippen LogP contribution in [0.4, 0.5) is 13.2 Å². The van der Waals surface area contributed by atoms with Gasteiger partial charge in [0.05, 0.1) is 11.1 Å². The Morgan fingerprint density at radius 1 is 1.33 bits per heavy atom. The molecule has 0 unspecified atom stereocenters. The van der Waals surface area contributed by atoms with Crippen molar-refractivity contribution < 1.29 is 23.1 Å². The number of halogens is 4. The second-order valence-electron chi connectivity index (χ2n) is 4.55. The van der Waals surface area contributed by atoms with Crippen LogP contribution in [0.15, 0.2) is 18.2 Å². The molecule has 0 aliphatic heterocycles. The number of aromatic carboxylic acids is 1. The Morgan fingerprint density at radius 2 is 1.94 bits per heavy atom. The van der Waals surface area contributed by atoms with Crippen LogP contribution in [0.5, 0.6) is 0 Å². The van der Waals surface area contributed by atoms with Crippen LogP contribution < -0.4 is 0 Å². The number of alkyl halides is 4.